The first kappa shape index (κ1) is 12.4. The highest BCUT2D eigenvalue weighted by Gasteiger charge is 2.09. The first-order chi connectivity index (χ1) is 6.88. The first-order valence-electron chi connectivity index (χ1n) is 5.08. The summed E-state index contributed by atoms with van der Waals surface area (Å²) in [5.41, 5.74) is 1.55. The maximum absolute atomic E-state index is 10.7. The number of hydrogen-bond acceptors (Lipinski definition) is 1. The molecule has 0 aliphatic carbocycles. The molecular weight excluding hydrogens is 208 g/mol. The Balaban J connectivity index is 2.61. The van der Waals surface area contributed by atoms with Crippen LogP contribution in [0, 0.1) is 5.41 Å². The van der Waals surface area contributed by atoms with Gasteiger partial charge in [-0.05, 0) is 36.0 Å². The monoisotopic (exact) mass is 226 g/mol. The van der Waals surface area contributed by atoms with Gasteiger partial charge in [0.25, 0.3) is 0 Å². The molecular formula is C12H18O2S. The topological polar surface area (TPSA) is 37.3 Å². The Morgan fingerprint density at radius 1 is 1.20 bits per heavy atom. The zero-order valence-electron chi connectivity index (χ0n) is 9.49. The van der Waals surface area contributed by atoms with Gasteiger partial charge in [-0.1, -0.05) is 32.9 Å². The second kappa shape index (κ2) is 4.90. The molecule has 0 aromatic heterocycles. The van der Waals surface area contributed by atoms with Gasteiger partial charge in [0.2, 0.25) is 0 Å². The molecule has 1 aromatic rings. The van der Waals surface area contributed by atoms with Crippen molar-refractivity contribution in [2.24, 2.45) is 5.41 Å². The second-order valence-electron chi connectivity index (χ2n) is 4.95. The van der Waals surface area contributed by atoms with E-state index in [1.807, 2.05) is 12.1 Å². The second-order valence-corrected chi connectivity index (χ2v) is 5.92. The Kier molecular flexibility index (Phi) is 4.05. The van der Waals surface area contributed by atoms with Gasteiger partial charge in [-0.3, -0.25) is 0 Å². The van der Waals surface area contributed by atoms with Crippen molar-refractivity contribution in [2.75, 3.05) is 0 Å². The molecule has 0 heterocycles. The van der Waals surface area contributed by atoms with Crippen LogP contribution in [0.3, 0.4) is 0 Å². The molecule has 0 amide bonds. The molecule has 0 saturated heterocycles. The summed E-state index contributed by atoms with van der Waals surface area (Å²) in [4.78, 5) is 0.467. The summed E-state index contributed by atoms with van der Waals surface area (Å²) in [5, 5.41) is 0. The Morgan fingerprint density at radius 3 is 2.13 bits per heavy atom. The van der Waals surface area contributed by atoms with Gasteiger partial charge in [-0.2, -0.15) is 0 Å². The first-order valence-corrected chi connectivity index (χ1v) is 6.19. The molecule has 0 fully saturated rings. The van der Waals surface area contributed by atoms with E-state index in [-0.39, 0.29) is 0 Å². The van der Waals surface area contributed by atoms with Crippen LogP contribution in [0.25, 0.3) is 0 Å². The summed E-state index contributed by atoms with van der Waals surface area (Å²) in [6, 6.07) is 7.28. The molecule has 1 N–H and O–H groups in total. The van der Waals surface area contributed by atoms with Gasteiger partial charge >= 0.3 is 0 Å². The molecule has 1 aromatic carbocycles. The summed E-state index contributed by atoms with van der Waals surface area (Å²) >= 11 is -1.86. The fourth-order valence-corrected chi connectivity index (χ4v) is 1.66. The molecule has 0 aliphatic rings. The molecule has 0 saturated carbocycles. The van der Waals surface area contributed by atoms with E-state index in [2.05, 4.69) is 20.8 Å². The Labute approximate surface area is 94.0 Å². The lowest BCUT2D eigenvalue weighted by atomic mass is 9.89. The van der Waals surface area contributed by atoms with Crippen LogP contribution in [0.1, 0.15) is 32.8 Å². The van der Waals surface area contributed by atoms with Crippen molar-refractivity contribution in [3.05, 3.63) is 29.8 Å². The van der Waals surface area contributed by atoms with Gasteiger partial charge < -0.3 is 4.55 Å². The molecule has 0 bridgehead atoms. The van der Waals surface area contributed by atoms with E-state index < -0.39 is 11.1 Å². The maximum atomic E-state index is 10.7. The third kappa shape index (κ3) is 4.58. The molecule has 1 unspecified atom stereocenters. The highest BCUT2D eigenvalue weighted by Crippen LogP contribution is 2.21. The average molecular weight is 226 g/mol. The SMILES string of the molecule is CC(C)(C)CCc1ccc(S(=O)O)cc1. The van der Waals surface area contributed by atoms with Crippen LogP contribution < -0.4 is 0 Å². The minimum Gasteiger partial charge on any atom is -0.302 e. The van der Waals surface area contributed by atoms with Crippen LogP contribution in [-0.4, -0.2) is 8.76 Å². The van der Waals surface area contributed by atoms with Gasteiger partial charge in [0.05, 0.1) is 4.90 Å². The summed E-state index contributed by atoms with van der Waals surface area (Å²) in [5.74, 6) is 0. The predicted molar refractivity (Wildman–Crippen MR) is 63.3 cm³/mol. The summed E-state index contributed by atoms with van der Waals surface area (Å²) < 4.78 is 19.6. The lowest BCUT2D eigenvalue weighted by Crippen LogP contribution is -2.06. The van der Waals surface area contributed by atoms with Crippen molar-refractivity contribution < 1.29 is 8.76 Å². The van der Waals surface area contributed by atoms with Crippen molar-refractivity contribution in [3.8, 4) is 0 Å². The van der Waals surface area contributed by atoms with Crippen molar-refractivity contribution in [1.29, 1.82) is 0 Å². The third-order valence-electron chi connectivity index (χ3n) is 2.29. The van der Waals surface area contributed by atoms with E-state index in [4.69, 9.17) is 4.55 Å². The van der Waals surface area contributed by atoms with Crippen LogP contribution in [-0.2, 0) is 17.5 Å². The van der Waals surface area contributed by atoms with Crippen molar-refractivity contribution in [2.45, 2.75) is 38.5 Å². The van der Waals surface area contributed by atoms with Gasteiger partial charge in [-0.15, -0.1) is 0 Å². The zero-order chi connectivity index (χ0) is 11.5. The Morgan fingerprint density at radius 2 is 1.73 bits per heavy atom. The molecule has 3 heteroatoms. The number of aryl methyl sites for hydroxylation is 1. The van der Waals surface area contributed by atoms with E-state index >= 15 is 0 Å². The van der Waals surface area contributed by atoms with Gasteiger partial charge in [0.1, 0.15) is 0 Å². The van der Waals surface area contributed by atoms with Crippen molar-refractivity contribution in [1.82, 2.24) is 0 Å². The molecule has 1 rings (SSSR count). The van der Waals surface area contributed by atoms with Crippen LogP contribution in [0.2, 0.25) is 0 Å². The highest BCUT2D eigenvalue weighted by molar-refractivity contribution is 7.79. The number of benzene rings is 1. The summed E-state index contributed by atoms with van der Waals surface area (Å²) in [6.45, 7) is 6.64. The van der Waals surface area contributed by atoms with E-state index in [1.165, 1.54) is 5.56 Å². The lowest BCUT2D eigenvalue weighted by molar-refractivity contribution is 0.378. The minimum atomic E-state index is -1.86. The van der Waals surface area contributed by atoms with E-state index in [1.54, 1.807) is 12.1 Å². The quantitative estimate of drug-likeness (QED) is 0.803. The number of rotatable bonds is 3. The Bertz CT molecular complexity index is 336. The summed E-state index contributed by atoms with van der Waals surface area (Å²) in [7, 11) is 0. The molecule has 1 atom stereocenters. The fraction of sp³-hybridized carbons (Fsp3) is 0.500. The highest BCUT2D eigenvalue weighted by atomic mass is 32.2. The van der Waals surface area contributed by atoms with Gasteiger partial charge in [0.15, 0.2) is 11.1 Å². The average Bonchev–Trinajstić information content (AvgIpc) is 2.14. The summed E-state index contributed by atoms with van der Waals surface area (Å²) in [6.07, 6.45) is 2.14. The normalized spacial score (nSPS) is 13.9. The van der Waals surface area contributed by atoms with Gasteiger partial charge in [0, 0.05) is 0 Å². The van der Waals surface area contributed by atoms with E-state index in [0.717, 1.165) is 12.8 Å². The molecule has 15 heavy (non-hydrogen) atoms. The fourth-order valence-electron chi connectivity index (χ4n) is 1.29. The van der Waals surface area contributed by atoms with Crippen LogP contribution in [0.4, 0.5) is 0 Å². The minimum absolute atomic E-state index is 0.332. The van der Waals surface area contributed by atoms with Crippen LogP contribution >= 0.6 is 0 Å². The maximum Gasteiger partial charge on any atom is 0.186 e. The van der Waals surface area contributed by atoms with E-state index in [9.17, 15) is 4.21 Å². The van der Waals surface area contributed by atoms with Crippen LogP contribution in [0.5, 0.6) is 0 Å². The molecule has 0 aliphatic heterocycles. The van der Waals surface area contributed by atoms with Gasteiger partial charge in [-0.25, -0.2) is 4.21 Å². The number of hydrogen-bond donors (Lipinski definition) is 1. The Hall–Kier alpha value is -0.670. The molecule has 0 spiro atoms. The molecule has 0 radical (unpaired) electrons. The lowest BCUT2D eigenvalue weighted by Gasteiger charge is -2.17. The zero-order valence-corrected chi connectivity index (χ0v) is 10.3. The van der Waals surface area contributed by atoms with E-state index in [0.29, 0.717) is 10.3 Å². The molecule has 2 nitrogen and oxygen atoms in total. The third-order valence-corrected chi connectivity index (χ3v) is 2.96. The predicted octanol–water partition coefficient (Wildman–Crippen LogP) is 3.25. The smallest absolute Gasteiger partial charge is 0.186 e. The largest absolute Gasteiger partial charge is 0.302 e. The molecule has 84 valence electrons. The van der Waals surface area contributed by atoms with Crippen molar-refractivity contribution in [3.63, 3.8) is 0 Å². The standard InChI is InChI=1S/C12H18O2S/c1-12(2,3)9-8-10-4-6-11(7-5-10)15(13)14/h4-7H,8-9H2,1-3H3,(H,13,14). The van der Waals surface area contributed by atoms with Crippen molar-refractivity contribution >= 4 is 11.1 Å². The van der Waals surface area contributed by atoms with Crippen LogP contribution in [0.15, 0.2) is 29.2 Å².